The monoisotopic (exact) mass is 437 g/mol. The van der Waals surface area contributed by atoms with Crippen molar-refractivity contribution in [3.05, 3.63) is 35.9 Å². The summed E-state index contributed by atoms with van der Waals surface area (Å²) in [6, 6.07) is 8.54. The van der Waals surface area contributed by atoms with Crippen LogP contribution in [0.4, 0.5) is 4.79 Å². The number of unbranched alkanes of at least 4 members (excludes halogenated alkanes) is 11. The van der Waals surface area contributed by atoms with Gasteiger partial charge in [-0.1, -0.05) is 114 Å². The zero-order valence-electron chi connectivity index (χ0n) is 21.2. The number of hydrogen-bond acceptors (Lipinski definition) is 4. The van der Waals surface area contributed by atoms with Crippen molar-refractivity contribution in [1.82, 2.24) is 5.32 Å². The molecule has 0 bridgehead atoms. The first-order chi connectivity index (χ1) is 15.9. The number of cyclic esters (lactones) is 1. The standard InChI is InChI=1S/C26H43NO4/c1-2-3-4-5-6-7-8-9-10-11-12-16-19-24(25(28)23-21-31-26(29)27-23)30-20-22-17-14-13-15-18-22/h13-15,17-18,23-25,28H,2-12,16,19-21H2,1H3,(H,27,29)/t23-,24+,25-/m0/s1/i21+1D2,23+1. The third-order valence-corrected chi connectivity index (χ3v) is 5.92. The molecule has 0 saturated carbocycles. The van der Waals surface area contributed by atoms with Crippen LogP contribution < -0.4 is 5.32 Å². The van der Waals surface area contributed by atoms with Crippen LogP contribution in [-0.2, 0) is 16.1 Å². The van der Waals surface area contributed by atoms with Gasteiger partial charge in [0.1, 0.15) is 12.7 Å². The van der Waals surface area contributed by atoms with Crippen molar-refractivity contribution < 1.29 is 22.1 Å². The molecule has 2 rings (SSSR count). The van der Waals surface area contributed by atoms with Gasteiger partial charge in [0.25, 0.3) is 0 Å². The maximum atomic E-state index is 11.5. The summed E-state index contributed by atoms with van der Waals surface area (Å²) in [5, 5.41) is 13.3. The van der Waals surface area contributed by atoms with E-state index in [4.69, 9.17) is 7.48 Å². The summed E-state index contributed by atoms with van der Waals surface area (Å²) in [6.07, 6.45) is 13.0. The van der Waals surface area contributed by atoms with E-state index in [1.165, 1.54) is 57.8 Å². The maximum absolute atomic E-state index is 11.5. The van der Waals surface area contributed by atoms with Crippen molar-refractivity contribution in [2.45, 2.75) is 115 Å². The van der Waals surface area contributed by atoms with Crippen LogP contribution in [0.5, 0.6) is 0 Å². The van der Waals surface area contributed by atoms with E-state index in [0.29, 0.717) is 13.0 Å². The molecule has 1 heterocycles. The van der Waals surface area contributed by atoms with Crippen LogP contribution in [0.25, 0.3) is 0 Å². The van der Waals surface area contributed by atoms with Crippen LogP contribution in [0, 0.1) is 0 Å². The van der Waals surface area contributed by atoms with Gasteiger partial charge in [-0.15, -0.1) is 0 Å². The molecular formula is C26H43NO4. The van der Waals surface area contributed by atoms with Crippen molar-refractivity contribution in [2.75, 3.05) is 6.56 Å². The molecule has 0 aliphatic carbocycles. The minimum Gasteiger partial charge on any atom is -0.447 e. The predicted molar refractivity (Wildman–Crippen MR) is 125 cm³/mol. The average molecular weight is 438 g/mol. The van der Waals surface area contributed by atoms with Crippen LogP contribution in [0.2, 0.25) is 0 Å². The topological polar surface area (TPSA) is 67.8 Å². The van der Waals surface area contributed by atoms with E-state index in [2.05, 4.69) is 17.0 Å². The smallest absolute Gasteiger partial charge is 0.407 e. The Morgan fingerprint density at radius 2 is 1.61 bits per heavy atom. The lowest BCUT2D eigenvalue weighted by atomic mass is 10.0. The summed E-state index contributed by atoms with van der Waals surface area (Å²) in [7, 11) is 0. The van der Waals surface area contributed by atoms with Crippen molar-refractivity contribution >= 4 is 6.09 Å². The van der Waals surface area contributed by atoms with Gasteiger partial charge in [0, 0.05) is 0 Å². The van der Waals surface area contributed by atoms with Crippen LogP contribution in [0.3, 0.4) is 0 Å². The van der Waals surface area contributed by atoms with Crippen LogP contribution in [-0.4, -0.2) is 36.0 Å². The summed E-state index contributed by atoms with van der Waals surface area (Å²) in [4.78, 5) is 11.5. The van der Waals surface area contributed by atoms with Crippen molar-refractivity contribution in [2.24, 2.45) is 0 Å². The molecule has 1 amide bonds. The molecule has 0 aromatic heterocycles. The van der Waals surface area contributed by atoms with E-state index in [1.54, 1.807) is 0 Å². The molecule has 0 radical (unpaired) electrons. The largest absolute Gasteiger partial charge is 0.447 e. The maximum Gasteiger partial charge on any atom is 0.407 e. The first-order valence-corrected chi connectivity index (χ1v) is 12.3. The normalized spacial score (nSPS) is 20.5. The molecular weight excluding hydrogens is 392 g/mol. The fraction of sp³-hybridized carbons (Fsp3) is 0.731. The molecule has 5 heteroatoms. The van der Waals surface area contributed by atoms with E-state index in [9.17, 15) is 9.90 Å². The van der Waals surface area contributed by atoms with Gasteiger partial charge in [0.2, 0.25) is 0 Å². The molecule has 1 aliphatic heterocycles. The number of rotatable bonds is 18. The highest BCUT2D eigenvalue weighted by molar-refractivity contribution is 5.69. The average Bonchev–Trinajstić information content (AvgIpc) is 3.08. The summed E-state index contributed by atoms with van der Waals surface area (Å²) in [5.74, 6) is 0. The van der Waals surface area contributed by atoms with Gasteiger partial charge < -0.3 is 19.9 Å². The molecule has 0 spiro atoms. The van der Waals surface area contributed by atoms with Gasteiger partial charge in [-0.3, -0.25) is 0 Å². The Morgan fingerprint density at radius 3 is 2.16 bits per heavy atom. The lowest BCUT2D eigenvalue weighted by Crippen LogP contribution is -2.46. The number of aliphatic hydroxyl groups is 1. The van der Waals surface area contributed by atoms with Gasteiger partial charge in [-0.05, 0) is 12.0 Å². The molecule has 1 aliphatic rings. The second-order valence-corrected chi connectivity index (χ2v) is 8.63. The molecule has 1 saturated heterocycles. The van der Waals surface area contributed by atoms with Gasteiger partial charge in [-0.2, -0.15) is 0 Å². The lowest BCUT2D eigenvalue weighted by molar-refractivity contribution is -0.0630. The van der Waals surface area contributed by atoms with Crippen molar-refractivity contribution in [1.29, 1.82) is 0 Å². The Balaban J connectivity index is 1.71. The van der Waals surface area contributed by atoms with Gasteiger partial charge >= 0.3 is 6.09 Å². The number of hydrogen-bond donors (Lipinski definition) is 2. The Bertz CT molecular complexity index is 659. The quantitative estimate of drug-likeness (QED) is 0.214. The van der Waals surface area contributed by atoms with E-state index < -0.39 is 30.9 Å². The Hall–Kier alpha value is -1.59. The summed E-state index contributed by atoms with van der Waals surface area (Å²) in [6.45, 7) is 0.310. The fourth-order valence-electron chi connectivity index (χ4n) is 3.99. The molecule has 1 aromatic rings. The number of carbonyl (C=O) groups is 1. The van der Waals surface area contributed by atoms with Crippen LogP contribution in [0.15, 0.2) is 30.3 Å². The van der Waals surface area contributed by atoms with Gasteiger partial charge in [-0.25, -0.2) is 4.79 Å². The molecule has 2 N–H and O–H groups in total. The van der Waals surface area contributed by atoms with Crippen LogP contribution in [0.1, 0.15) is 98.7 Å². The third kappa shape index (κ3) is 11.0. The third-order valence-electron chi connectivity index (χ3n) is 5.92. The highest BCUT2D eigenvalue weighted by atomic mass is 16.6. The molecule has 1 aromatic carbocycles. The van der Waals surface area contributed by atoms with Crippen molar-refractivity contribution in [3.63, 3.8) is 0 Å². The number of nitrogens with one attached hydrogen (secondary N) is 1. The fourth-order valence-corrected chi connectivity index (χ4v) is 3.99. The first kappa shape index (κ1) is 22.6. The van der Waals surface area contributed by atoms with E-state index >= 15 is 0 Å². The summed E-state index contributed by atoms with van der Waals surface area (Å²) in [5.41, 5.74) is 0.985. The number of alkyl carbamates (subject to hydrolysis) is 1. The van der Waals surface area contributed by atoms with Gasteiger partial charge in [0.15, 0.2) is 0 Å². The molecule has 176 valence electrons. The summed E-state index contributed by atoms with van der Waals surface area (Å²) < 4.78 is 26.5. The second-order valence-electron chi connectivity index (χ2n) is 8.63. The van der Waals surface area contributed by atoms with E-state index in [1.807, 2.05) is 30.3 Å². The predicted octanol–water partition coefficient (Wildman–Crippen LogP) is 6.13. The first-order valence-electron chi connectivity index (χ1n) is 13.3. The zero-order chi connectivity index (χ0) is 23.9. The molecule has 0 unspecified atom stereocenters. The van der Waals surface area contributed by atoms with E-state index in [0.717, 1.165) is 24.8 Å². The molecule has 5 nitrogen and oxygen atoms in total. The SMILES string of the molecule is [2H][13C]1([2H])OC(=O)N[13C@@H]1[C@H](O)[C@@H](CCCCCCCCCCCCCC)OCc1ccccc1. The molecule has 3 atom stereocenters. The molecule has 1 fully saturated rings. The number of amides is 1. The van der Waals surface area contributed by atoms with Crippen LogP contribution >= 0.6 is 0 Å². The van der Waals surface area contributed by atoms with E-state index in [-0.39, 0.29) is 0 Å². The highest BCUT2D eigenvalue weighted by Gasteiger charge is 2.34. The number of aliphatic hydroxyl groups excluding tert-OH is 1. The zero-order valence-corrected chi connectivity index (χ0v) is 19.2. The Kier molecular flexibility index (Phi) is 11.7. The Labute approximate surface area is 191 Å². The second kappa shape index (κ2) is 16.1. The van der Waals surface area contributed by atoms with Gasteiger partial charge in [0.05, 0.1) is 21.5 Å². The summed E-state index contributed by atoms with van der Waals surface area (Å²) >= 11 is 0. The number of ether oxygens (including phenoxy) is 2. The highest BCUT2D eigenvalue weighted by Crippen LogP contribution is 2.19. The number of carbonyl (C=O) groups excluding carboxylic acids is 1. The van der Waals surface area contributed by atoms with Crippen molar-refractivity contribution in [3.8, 4) is 0 Å². The minimum atomic E-state index is -2.26. The lowest BCUT2D eigenvalue weighted by Gasteiger charge is -2.26. The number of benzene rings is 1. The minimum absolute atomic E-state index is 0.325. The Morgan fingerprint density at radius 1 is 1.03 bits per heavy atom. The molecule has 31 heavy (non-hydrogen) atoms.